The molecule has 0 amide bonds. The van der Waals surface area contributed by atoms with E-state index in [2.05, 4.69) is 12.1 Å². The van der Waals surface area contributed by atoms with E-state index in [1.807, 2.05) is 12.1 Å². The molecule has 0 fully saturated rings. The number of fused-ring (bicyclic) bond motifs is 1. The third-order valence-corrected chi connectivity index (χ3v) is 2.74. The maximum atomic E-state index is 6.12. The van der Waals surface area contributed by atoms with E-state index in [1.54, 1.807) is 7.11 Å². The predicted octanol–water partition coefficient (Wildman–Crippen LogP) is 2.54. The third kappa shape index (κ3) is 1.13. The number of halogens is 1. The van der Waals surface area contributed by atoms with Crippen molar-refractivity contribution in [2.45, 2.75) is 17.9 Å². The van der Waals surface area contributed by atoms with Gasteiger partial charge in [0.15, 0.2) is 0 Å². The second-order valence-electron chi connectivity index (χ2n) is 3.08. The number of hydrogen-bond donors (Lipinski definition) is 0. The number of alkyl halides is 1. The highest BCUT2D eigenvalue weighted by molar-refractivity contribution is 6.21. The van der Waals surface area contributed by atoms with E-state index in [4.69, 9.17) is 16.3 Å². The molecular weight excluding hydrogens is 172 g/mol. The molecule has 0 N–H and O–H groups in total. The van der Waals surface area contributed by atoms with Crippen LogP contribution >= 0.6 is 11.6 Å². The summed E-state index contributed by atoms with van der Waals surface area (Å²) in [6.45, 7) is 0. The van der Waals surface area contributed by atoms with Gasteiger partial charge in [-0.1, -0.05) is 24.3 Å². The fourth-order valence-electron chi connectivity index (χ4n) is 1.78. The summed E-state index contributed by atoms with van der Waals surface area (Å²) in [7, 11) is 1.71. The number of methoxy groups -OCH3 is 1. The molecule has 2 rings (SSSR count). The summed E-state index contributed by atoms with van der Waals surface area (Å²) in [4.78, 5) is 0. The van der Waals surface area contributed by atoms with Crippen LogP contribution in [0.5, 0.6) is 0 Å². The predicted molar refractivity (Wildman–Crippen MR) is 49.5 cm³/mol. The molecule has 1 nitrogen and oxygen atoms in total. The summed E-state index contributed by atoms with van der Waals surface area (Å²) in [5, 5.41) is 0.104. The molecule has 0 aromatic heterocycles. The molecule has 2 atom stereocenters. The average molecular weight is 183 g/mol. The Labute approximate surface area is 77.3 Å². The Morgan fingerprint density at radius 1 is 1.42 bits per heavy atom. The maximum absolute atomic E-state index is 6.12. The zero-order chi connectivity index (χ0) is 8.55. The lowest BCUT2D eigenvalue weighted by atomic mass is 10.1. The molecule has 12 heavy (non-hydrogen) atoms. The quantitative estimate of drug-likeness (QED) is 0.607. The summed E-state index contributed by atoms with van der Waals surface area (Å²) in [5.74, 6) is 0. The van der Waals surface area contributed by atoms with E-state index in [0.29, 0.717) is 0 Å². The first-order valence-corrected chi connectivity index (χ1v) is 4.51. The minimum Gasteiger partial charge on any atom is -0.375 e. The summed E-state index contributed by atoms with van der Waals surface area (Å²) in [5.41, 5.74) is 2.57. The van der Waals surface area contributed by atoms with Crippen LogP contribution in [0.2, 0.25) is 0 Å². The van der Waals surface area contributed by atoms with Crippen molar-refractivity contribution in [3.63, 3.8) is 0 Å². The summed E-state index contributed by atoms with van der Waals surface area (Å²) >= 11 is 6.12. The van der Waals surface area contributed by atoms with Crippen LogP contribution in [0.25, 0.3) is 0 Å². The van der Waals surface area contributed by atoms with Gasteiger partial charge in [0.2, 0.25) is 0 Å². The fraction of sp³-hybridized carbons (Fsp3) is 0.400. The average Bonchev–Trinajstić information content (AvgIpc) is 2.40. The number of benzene rings is 1. The van der Waals surface area contributed by atoms with Crippen LogP contribution in [0.4, 0.5) is 0 Å². The normalized spacial score (nSPS) is 27.2. The number of ether oxygens (including phenoxy) is 1. The summed E-state index contributed by atoms with van der Waals surface area (Å²) in [6, 6.07) is 8.27. The lowest BCUT2D eigenvalue weighted by Crippen LogP contribution is -2.08. The van der Waals surface area contributed by atoms with Gasteiger partial charge in [-0.05, 0) is 17.5 Å². The van der Waals surface area contributed by atoms with E-state index >= 15 is 0 Å². The first-order valence-electron chi connectivity index (χ1n) is 4.07. The SMILES string of the molecule is COC1c2ccccc2CC1Cl. The van der Waals surface area contributed by atoms with Crippen LogP contribution in [-0.2, 0) is 11.2 Å². The second-order valence-corrected chi connectivity index (χ2v) is 3.64. The first kappa shape index (κ1) is 8.09. The van der Waals surface area contributed by atoms with Crippen LogP contribution < -0.4 is 0 Å². The van der Waals surface area contributed by atoms with Crippen molar-refractivity contribution in [3.8, 4) is 0 Å². The molecule has 2 heteroatoms. The van der Waals surface area contributed by atoms with Crippen molar-refractivity contribution in [1.29, 1.82) is 0 Å². The maximum Gasteiger partial charge on any atom is 0.0990 e. The fourth-order valence-corrected chi connectivity index (χ4v) is 2.19. The molecule has 0 bridgehead atoms. The van der Waals surface area contributed by atoms with E-state index in [1.165, 1.54) is 11.1 Å². The molecule has 1 aromatic carbocycles. The van der Waals surface area contributed by atoms with Crippen molar-refractivity contribution in [1.82, 2.24) is 0 Å². The molecule has 0 saturated heterocycles. The Bertz CT molecular complexity index is 285. The zero-order valence-electron chi connectivity index (χ0n) is 6.96. The largest absolute Gasteiger partial charge is 0.375 e. The minimum atomic E-state index is 0.0860. The molecule has 0 aliphatic heterocycles. The Morgan fingerprint density at radius 2 is 2.17 bits per heavy atom. The van der Waals surface area contributed by atoms with Gasteiger partial charge in [-0.3, -0.25) is 0 Å². The van der Waals surface area contributed by atoms with Gasteiger partial charge < -0.3 is 4.74 Å². The molecule has 1 aromatic rings. The van der Waals surface area contributed by atoms with Gasteiger partial charge in [-0.25, -0.2) is 0 Å². The molecule has 0 saturated carbocycles. The summed E-state index contributed by atoms with van der Waals surface area (Å²) < 4.78 is 5.32. The Kier molecular flexibility index (Phi) is 2.07. The van der Waals surface area contributed by atoms with Gasteiger partial charge in [-0.15, -0.1) is 11.6 Å². The lowest BCUT2D eigenvalue weighted by Gasteiger charge is -2.12. The standard InChI is InChI=1S/C10H11ClO/c1-12-10-8-5-3-2-4-7(8)6-9(10)11/h2-5,9-10H,6H2,1H3. The van der Waals surface area contributed by atoms with E-state index in [-0.39, 0.29) is 11.5 Å². The molecule has 64 valence electrons. The highest BCUT2D eigenvalue weighted by Gasteiger charge is 2.30. The van der Waals surface area contributed by atoms with Crippen molar-refractivity contribution in [2.75, 3.05) is 7.11 Å². The van der Waals surface area contributed by atoms with Gasteiger partial charge in [0, 0.05) is 7.11 Å². The number of rotatable bonds is 1. The Morgan fingerprint density at radius 3 is 2.92 bits per heavy atom. The molecule has 1 aliphatic carbocycles. The van der Waals surface area contributed by atoms with E-state index < -0.39 is 0 Å². The van der Waals surface area contributed by atoms with E-state index in [9.17, 15) is 0 Å². The second kappa shape index (κ2) is 3.08. The highest BCUT2D eigenvalue weighted by atomic mass is 35.5. The van der Waals surface area contributed by atoms with Crippen LogP contribution in [0.1, 0.15) is 17.2 Å². The van der Waals surface area contributed by atoms with Crippen LogP contribution in [0, 0.1) is 0 Å². The molecular formula is C10H11ClO. The lowest BCUT2D eigenvalue weighted by molar-refractivity contribution is 0.108. The molecule has 0 spiro atoms. The van der Waals surface area contributed by atoms with Gasteiger partial charge in [0.1, 0.15) is 0 Å². The summed E-state index contributed by atoms with van der Waals surface area (Å²) in [6.07, 6.45) is 1.01. The third-order valence-electron chi connectivity index (χ3n) is 2.36. The highest BCUT2D eigenvalue weighted by Crippen LogP contribution is 2.36. The van der Waals surface area contributed by atoms with Crippen molar-refractivity contribution in [3.05, 3.63) is 35.4 Å². The van der Waals surface area contributed by atoms with Gasteiger partial charge in [-0.2, -0.15) is 0 Å². The van der Waals surface area contributed by atoms with Crippen molar-refractivity contribution in [2.24, 2.45) is 0 Å². The van der Waals surface area contributed by atoms with Crippen LogP contribution in [0.15, 0.2) is 24.3 Å². The van der Waals surface area contributed by atoms with Crippen LogP contribution in [0.3, 0.4) is 0 Å². The van der Waals surface area contributed by atoms with Crippen molar-refractivity contribution < 1.29 is 4.74 Å². The zero-order valence-corrected chi connectivity index (χ0v) is 7.71. The molecule has 0 radical (unpaired) electrons. The monoisotopic (exact) mass is 182 g/mol. The van der Waals surface area contributed by atoms with Crippen molar-refractivity contribution >= 4 is 11.6 Å². The first-order chi connectivity index (χ1) is 5.83. The minimum absolute atomic E-state index is 0.0860. The topological polar surface area (TPSA) is 9.23 Å². The Hall–Kier alpha value is -0.530. The molecule has 0 heterocycles. The molecule has 2 unspecified atom stereocenters. The smallest absolute Gasteiger partial charge is 0.0990 e. The van der Waals surface area contributed by atoms with Gasteiger partial charge in [0.05, 0.1) is 11.5 Å². The van der Waals surface area contributed by atoms with E-state index in [0.717, 1.165) is 6.42 Å². The van der Waals surface area contributed by atoms with Gasteiger partial charge in [0.25, 0.3) is 0 Å². The van der Waals surface area contributed by atoms with Gasteiger partial charge >= 0.3 is 0 Å². The molecule has 1 aliphatic rings. The number of hydrogen-bond acceptors (Lipinski definition) is 1. The van der Waals surface area contributed by atoms with Crippen LogP contribution in [-0.4, -0.2) is 12.5 Å². The Balaban J connectivity index is 2.40.